The third-order valence-corrected chi connectivity index (χ3v) is 2.64. The molecule has 0 aliphatic carbocycles. The van der Waals surface area contributed by atoms with E-state index in [4.69, 9.17) is 24.7 Å². The Morgan fingerprint density at radius 1 is 0.857 bits per heavy atom. The SMILES string of the molecule is CNCCOCCOCCOCCOc1ccccc1N. The molecular formula is C15H26N2O4. The van der Waals surface area contributed by atoms with Crippen molar-refractivity contribution >= 4 is 5.69 Å². The van der Waals surface area contributed by atoms with Gasteiger partial charge in [0.25, 0.3) is 0 Å². The second-order valence-electron chi connectivity index (χ2n) is 4.33. The molecule has 0 aliphatic heterocycles. The molecule has 0 fully saturated rings. The van der Waals surface area contributed by atoms with Crippen molar-refractivity contribution in [2.75, 3.05) is 65.6 Å². The van der Waals surface area contributed by atoms with Crippen molar-refractivity contribution in [3.63, 3.8) is 0 Å². The Bertz CT molecular complexity index is 363. The summed E-state index contributed by atoms with van der Waals surface area (Å²) in [6.45, 7) is 4.85. The van der Waals surface area contributed by atoms with Crippen LogP contribution >= 0.6 is 0 Å². The summed E-state index contributed by atoms with van der Waals surface area (Å²) in [5.74, 6) is 0.691. The molecule has 0 unspecified atom stereocenters. The van der Waals surface area contributed by atoms with Gasteiger partial charge in [0.2, 0.25) is 0 Å². The fourth-order valence-electron chi connectivity index (χ4n) is 1.54. The van der Waals surface area contributed by atoms with Crippen molar-refractivity contribution in [3.8, 4) is 5.75 Å². The van der Waals surface area contributed by atoms with Crippen LogP contribution in [0.4, 0.5) is 5.69 Å². The van der Waals surface area contributed by atoms with Crippen molar-refractivity contribution in [2.45, 2.75) is 0 Å². The maximum Gasteiger partial charge on any atom is 0.142 e. The predicted molar refractivity (Wildman–Crippen MR) is 82.7 cm³/mol. The number of benzene rings is 1. The lowest BCUT2D eigenvalue weighted by molar-refractivity contribution is 0.0100. The van der Waals surface area contributed by atoms with E-state index >= 15 is 0 Å². The molecular weight excluding hydrogens is 272 g/mol. The topological polar surface area (TPSA) is 75.0 Å². The highest BCUT2D eigenvalue weighted by atomic mass is 16.6. The monoisotopic (exact) mass is 298 g/mol. The second kappa shape index (κ2) is 12.4. The number of likely N-dealkylation sites (N-methyl/N-ethyl adjacent to an activating group) is 1. The van der Waals surface area contributed by atoms with Crippen LogP contribution in [0.25, 0.3) is 0 Å². The lowest BCUT2D eigenvalue weighted by Crippen LogP contribution is -2.17. The third-order valence-electron chi connectivity index (χ3n) is 2.64. The molecule has 1 rings (SSSR count). The minimum atomic E-state index is 0.474. The zero-order valence-electron chi connectivity index (χ0n) is 12.7. The molecule has 0 radical (unpaired) electrons. The highest BCUT2D eigenvalue weighted by molar-refractivity contribution is 5.51. The second-order valence-corrected chi connectivity index (χ2v) is 4.33. The first-order valence-electron chi connectivity index (χ1n) is 7.19. The average Bonchev–Trinajstić information content (AvgIpc) is 2.50. The van der Waals surface area contributed by atoms with Gasteiger partial charge in [0.15, 0.2) is 0 Å². The molecule has 0 aliphatic rings. The van der Waals surface area contributed by atoms with Crippen molar-refractivity contribution in [1.29, 1.82) is 0 Å². The van der Waals surface area contributed by atoms with Crippen LogP contribution in [-0.2, 0) is 14.2 Å². The number of nitrogens with one attached hydrogen (secondary N) is 1. The predicted octanol–water partition coefficient (Wildman–Crippen LogP) is 0.917. The van der Waals surface area contributed by atoms with Crippen LogP contribution in [0.15, 0.2) is 24.3 Å². The summed E-state index contributed by atoms with van der Waals surface area (Å²) in [6.07, 6.45) is 0. The Morgan fingerprint density at radius 2 is 1.43 bits per heavy atom. The Morgan fingerprint density at radius 3 is 2.05 bits per heavy atom. The minimum absolute atomic E-state index is 0.474. The quantitative estimate of drug-likeness (QED) is 0.416. The van der Waals surface area contributed by atoms with Gasteiger partial charge in [-0.1, -0.05) is 12.1 Å². The molecule has 3 N–H and O–H groups in total. The molecule has 21 heavy (non-hydrogen) atoms. The van der Waals surface area contributed by atoms with Gasteiger partial charge in [-0.15, -0.1) is 0 Å². The molecule has 0 amide bonds. The van der Waals surface area contributed by atoms with Crippen molar-refractivity contribution in [2.24, 2.45) is 0 Å². The molecule has 0 saturated carbocycles. The van der Waals surface area contributed by atoms with Gasteiger partial charge in [-0.3, -0.25) is 0 Å². The van der Waals surface area contributed by atoms with Gasteiger partial charge in [0, 0.05) is 6.54 Å². The first kappa shape index (κ1) is 17.7. The third kappa shape index (κ3) is 9.25. The van der Waals surface area contributed by atoms with E-state index in [1.54, 1.807) is 0 Å². The van der Waals surface area contributed by atoms with E-state index in [9.17, 15) is 0 Å². The summed E-state index contributed by atoms with van der Waals surface area (Å²) in [5, 5.41) is 3.01. The highest BCUT2D eigenvalue weighted by Crippen LogP contribution is 2.19. The summed E-state index contributed by atoms with van der Waals surface area (Å²) in [7, 11) is 1.90. The number of nitrogens with two attached hydrogens (primary N) is 1. The lowest BCUT2D eigenvalue weighted by Gasteiger charge is -2.09. The molecule has 0 bridgehead atoms. The summed E-state index contributed by atoms with van der Waals surface area (Å²) < 4.78 is 21.6. The van der Waals surface area contributed by atoms with Gasteiger partial charge in [-0.2, -0.15) is 0 Å². The maximum atomic E-state index is 5.76. The van der Waals surface area contributed by atoms with Crippen LogP contribution in [0.5, 0.6) is 5.75 Å². The largest absolute Gasteiger partial charge is 0.489 e. The van der Waals surface area contributed by atoms with Crippen LogP contribution in [-0.4, -0.2) is 59.8 Å². The minimum Gasteiger partial charge on any atom is -0.489 e. The van der Waals surface area contributed by atoms with Crippen LogP contribution < -0.4 is 15.8 Å². The van der Waals surface area contributed by atoms with Gasteiger partial charge in [0.05, 0.1) is 45.3 Å². The molecule has 0 atom stereocenters. The highest BCUT2D eigenvalue weighted by Gasteiger charge is 1.98. The fourth-order valence-corrected chi connectivity index (χ4v) is 1.54. The molecule has 6 heteroatoms. The summed E-state index contributed by atoms with van der Waals surface area (Å²) >= 11 is 0. The summed E-state index contributed by atoms with van der Waals surface area (Å²) in [5.41, 5.74) is 6.40. The number of para-hydroxylation sites is 2. The zero-order valence-corrected chi connectivity index (χ0v) is 12.7. The van der Waals surface area contributed by atoms with E-state index in [-0.39, 0.29) is 0 Å². The van der Waals surface area contributed by atoms with Crippen LogP contribution in [0.2, 0.25) is 0 Å². The van der Waals surface area contributed by atoms with Crippen LogP contribution in [0.3, 0.4) is 0 Å². The van der Waals surface area contributed by atoms with Crippen molar-refractivity contribution in [1.82, 2.24) is 5.32 Å². The molecule has 120 valence electrons. The zero-order chi connectivity index (χ0) is 15.2. The Balaban J connectivity index is 1.84. The fraction of sp³-hybridized carbons (Fsp3) is 0.600. The summed E-state index contributed by atoms with van der Waals surface area (Å²) in [4.78, 5) is 0. The molecule has 0 saturated heterocycles. The standard InChI is InChI=1S/C15H26N2O4/c1-17-6-7-18-8-9-19-10-11-20-12-13-21-15-5-3-2-4-14(15)16/h2-5,17H,6-13,16H2,1H3. The van der Waals surface area contributed by atoms with Gasteiger partial charge in [0.1, 0.15) is 12.4 Å². The van der Waals surface area contributed by atoms with Gasteiger partial charge in [-0.05, 0) is 19.2 Å². The summed E-state index contributed by atoms with van der Waals surface area (Å²) in [6, 6.07) is 7.41. The number of ether oxygens (including phenoxy) is 4. The van der Waals surface area contributed by atoms with Crippen molar-refractivity contribution in [3.05, 3.63) is 24.3 Å². The van der Waals surface area contributed by atoms with E-state index in [0.717, 1.165) is 6.54 Å². The number of anilines is 1. The van der Waals surface area contributed by atoms with Gasteiger partial charge >= 0.3 is 0 Å². The number of hydrogen-bond acceptors (Lipinski definition) is 6. The smallest absolute Gasteiger partial charge is 0.142 e. The number of rotatable bonds is 13. The van der Waals surface area contributed by atoms with E-state index in [2.05, 4.69) is 5.32 Å². The lowest BCUT2D eigenvalue weighted by atomic mass is 10.3. The van der Waals surface area contributed by atoms with Gasteiger partial charge < -0.3 is 30.0 Å². The first-order valence-corrected chi connectivity index (χ1v) is 7.19. The maximum absolute atomic E-state index is 5.76. The Kier molecular flexibility index (Phi) is 10.5. The Labute approximate surface area is 126 Å². The van der Waals surface area contributed by atoms with Crippen molar-refractivity contribution < 1.29 is 18.9 Å². The molecule has 0 aromatic heterocycles. The van der Waals surface area contributed by atoms with Crippen LogP contribution in [0, 0.1) is 0 Å². The molecule has 1 aromatic rings. The van der Waals surface area contributed by atoms with E-state index in [1.807, 2.05) is 31.3 Å². The normalized spacial score (nSPS) is 10.7. The molecule has 1 aromatic carbocycles. The number of nitrogen functional groups attached to an aromatic ring is 1. The first-order chi connectivity index (χ1) is 10.3. The molecule has 0 spiro atoms. The van der Waals surface area contributed by atoms with Gasteiger partial charge in [-0.25, -0.2) is 0 Å². The van der Waals surface area contributed by atoms with E-state index in [0.29, 0.717) is 57.7 Å². The van der Waals surface area contributed by atoms with Crippen LogP contribution in [0.1, 0.15) is 0 Å². The Hall–Kier alpha value is -1.34. The number of hydrogen-bond donors (Lipinski definition) is 2. The molecule has 0 heterocycles. The average molecular weight is 298 g/mol. The molecule has 6 nitrogen and oxygen atoms in total. The van der Waals surface area contributed by atoms with E-state index in [1.165, 1.54) is 0 Å². The van der Waals surface area contributed by atoms with E-state index < -0.39 is 0 Å².